The lowest BCUT2D eigenvalue weighted by atomic mass is 10.1. The smallest absolute Gasteiger partial charge is 0.292 e. The second-order valence-electron chi connectivity index (χ2n) is 4.09. The van der Waals surface area contributed by atoms with E-state index in [0.29, 0.717) is 6.54 Å². The van der Waals surface area contributed by atoms with Crippen molar-refractivity contribution >= 4 is 23.2 Å². The molecule has 0 fully saturated rings. The van der Waals surface area contributed by atoms with Gasteiger partial charge in [0.2, 0.25) is 5.91 Å². The third kappa shape index (κ3) is 3.44. The summed E-state index contributed by atoms with van der Waals surface area (Å²) in [5, 5.41) is 15.7. The fraction of sp³-hybridized carbons (Fsp3) is 0.333. The van der Waals surface area contributed by atoms with Crippen LogP contribution in [0.25, 0.3) is 0 Å². The van der Waals surface area contributed by atoms with Crippen LogP contribution in [0, 0.1) is 10.1 Å². The Bertz CT molecular complexity index is 544. The average Bonchev–Trinajstić information content (AvgIpc) is 2.38. The quantitative estimate of drug-likeness (QED) is 0.409. The van der Waals surface area contributed by atoms with Crippen LogP contribution < -0.4 is 16.4 Å². The highest BCUT2D eigenvalue weighted by Crippen LogP contribution is 2.24. The van der Waals surface area contributed by atoms with E-state index in [9.17, 15) is 19.7 Å². The van der Waals surface area contributed by atoms with Gasteiger partial charge >= 0.3 is 0 Å². The highest BCUT2D eigenvalue weighted by molar-refractivity contribution is 6.02. The van der Waals surface area contributed by atoms with Crippen molar-refractivity contribution in [1.29, 1.82) is 0 Å². The number of amides is 2. The first-order valence-electron chi connectivity index (χ1n) is 6.00. The Morgan fingerprint density at radius 2 is 2.10 bits per heavy atom. The average molecular weight is 280 g/mol. The SMILES string of the molecule is CCNC(=O)C(C)NC(=O)c1cccc([N+](=O)[O-])c1N. The second kappa shape index (κ2) is 6.50. The van der Waals surface area contributed by atoms with Crippen LogP contribution in [0.1, 0.15) is 24.2 Å². The molecule has 1 unspecified atom stereocenters. The predicted octanol–water partition coefficient (Wildman–Crippen LogP) is 0.431. The maximum atomic E-state index is 12.0. The number of hydrogen-bond acceptors (Lipinski definition) is 5. The van der Waals surface area contributed by atoms with E-state index in [1.807, 2.05) is 0 Å². The highest BCUT2D eigenvalue weighted by Gasteiger charge is 2.21. The van der Waals surface area contributed by atoms with Gasteiger partial charge in [0.1, 0.15) is 11.7 Å². The van der Waals surface area contributed by atoms with Gasteiger partial charge in [-0.2, -0.15) is 0 Å². The molecule has 0 aliphatic rings. The zero-order valence-corrected chi connectivity index (χ0v) is 11.2. The lowest BCUT2D eigenvalue weighted by molar-refractivity contribution is -0.383. The third-order valence-corrected chi connectivity index (χ3v) is 2.62. The summed E-state index contributed by atoms with van der Waals surface area (Å²) in [6.07, 6.45) is 0. The number of nitrogens with two attached hydrogens (primary N) is 1. The minimum atomic E-state index is -0.763. The van der Waals surface area contributed by atoms with Gasteiger partial charge in [0, 0.05) is 12.6 Å². The first kappa shape index (κ1) is 15.4. The lowest BCUT2D eigenvalue weighted by Gasteiger charge is -2.14. The minimum absolute atomic E-state index is 0.0321. The Hall–Kier alpha value is -2.64. The molecule has 0 saturated heterocycles. The number of nitro benzene ring substituents is 1. The number of hydrogen-bond donors (Lipinski definition) is 3. The van der Waals surface area contributed by atoms with Gasteiger partial charge in [0.25, 0.3) is 11.6 Å². The van der Waals surface area contributed by atoms with Crippen molar-refractivity contribution in [2.75, 3.05) is 12.3 Å². The molecule has 8 heteroatoms. The van der Waals surface area contributed by atoms with E-state index >= 15 is 0 Å². The molecular weight excluding hydrogens is 264 g/mol. The van der Waals surface area contributed by atoms with Crippen LogP contribution in [0.4, 0.5) is 11.4 Å². The molecule has 0 aliphatic heterocycles. The van der Waals surface area contributed by atoms with E-state index in [4.69, 9.17) is 5.73 Å². The van der Waals surface area contributed by atoms with Gasteiger partial charge in [-0.3, -0.25) is 19.7 Å². The van der Waals surface area contributed by atoms with E-state index in [0.717, 1.165) is 0 Å². The van der Waals surface area contributed by atoms with E-state index in [-0.39, 0.29) is 22.8 Å². The van der Waals surface area contributed by atoms with Crippen LogP contribution in [0.3, 0.4) is 0 Å². The van der Waals surface area contributed by atoms with Crippen molar-refractivity contribution in [2.24, 2.45) is 0 Å². The monoisotopic (exact) mass is 280 g/mol. The summed E-state index contributed by atoms with van der Waals surface area (Å²) in [4.78, 5) is 33.5. The summed E-state index contributed by atoms with van der Waals surface area (Å²) >= 11 is 0. The molecule has 1 aromatic rings. The van der Waals surface area contributed by atoms with Crippen molar-refractivity contribution in [3.63, 3.8) is 0 Å². The van der Waals surface area contributed by atoms with Crippen molar-refractivity contribution in [3.05, 3.63) is 33.9 Å². The molecule has 108 valence electrons. The van der Waals surface area contributed by atoms with Crippen molar-refractivity contribution < 1.29 is 14.5 Å². The number of nitrogen functional groups attached to an aromatic ring is 1. The Morgan fingerprint density at radius 1 is 1.45 bits per heavy atom. The second-order valence-corrected chi connectivity index (χ2v) is 4.09. The van der Waals surface area contributed by atoms with Crippen LogP contribution in [0.15, 0.2) is 18.2 Å². The standard InChI is InChI=1S/C12H16N4O4/c1-3-14-11(17)7(2)15-12(18)8-5-4-6-9(10(8)13)16(19)20/h4-7H,3,13H2,1-2H3,(H,14,17)(H,15,18). The number of anilines is 1. The highest BCUT2D eigenvalue weighted by atomic mass is 16.6. The molecule has 4 N–H and O–H groups in total. The van der Waals surface area contributed by atoms with Gasteiger partial charge in [-0.05, 0) is 19.9 Å². The summed E-state index contributed by atoms with van der Waals surface area (Å²) in [5.74, 6) is -0.977. The zero-order chi connectivity index (χ0) is 15.3. The van der Waals surface area contributed by atoms with Crippen LogP contribution >= 0.6 is 0 Å². The molecule has 0 spiro atoms. The molecule has 0 bridgehead atoms. The molecule has 0 saturated carbocycles. The Morgan fingerprint density at radius 3 is 2.65 bits per heavy atom. The van der Waals surface area contributed by atoms with Crippen LogP contribution in [0.2, 0.25) is 0 Å². The maximum absolute atomic E-state index is 12.0. The van der Waals surface area contributed by atoms with Gasteiger partial charge in [-0.25, -0.2) is 0 Å². The Labute approximate surface area is 115 Å². The summed E-state index contributed by atoms with van der Waals surface area (Å²) in [6.45, 7) is 3.71. The largest absolute Gasteiger partial charge is 0.393 e. The first-order chi connectivity index (χ1) is 9.38. The van der Waals surface area contributed by atoms with Gasteiger partial charge in [0.15, 0.2) is 0 Å². The van der Waals surface area contributed by atoms with Gasteiger partial charge in [-0.1, -0.05) is 6.07 Å². The lowest BCUT2D eigenvalue weighted by Crippen LogP contribution is -2.44. The molecule has 0 aliphatic carbocycles. The van der Waals surface area contributed by atoms with E-state index < -0.39 is 16.9 Å². The molecule has 8 nitrogen and oxygen atoms in total. The van der Waals surface area contributed by atoms with Crippen LogP contribution in [0.5, 0.6) is 0 Å². The minimum Gasteiger partial charge on any atom is -0.393 e. The molecule has 2 amide bonds. The maximum Gasteiger partial charge on any atom is 0.292 e. The molecule has 0 heterocycles. The third-order valence-electron chi connectivity index (χ3n) is 2.62. The summed E-state index contributed by atoms with van der Waals surface area (Å²) in [5.41, 5.74) is 4.99. The number of para-hydroxylation sites is 1. The molecule has 1 atom stereocenters. The van der Waals surface area contributed by atoms with Crippen LogP contribution in [-0.4, -0.2) is 29.3 Å². The molecule has 20 heavy (non-hydrogen) atoms. The summed E-state index contributed by atoms with van der Waals surface area (Å²) in [6, 6.07) is 3.17. The van der Waals surface area contributed by atoms with Gasteiger partial charge in [-0.15, -0.1) is 0 Å². The number of nitro groups is 1. The predicted molar refractivity (Wildman–Crippen MR) is 73.1 cm³/mol. The summed E-state index contributed by atoms with van der Waals surface area (Å²) < 4.78 is 0. The number of likely N-dealkylation sites (N-methyl/N-ethyl adjacent to an activating group) is 1. The van der Waals surface area contributed by atoms with E-state index in [1.165, 1.54) is 25.1 Å². The normalized spacial score (nSPS) is 11.5. The summed E-state index contributed by atoms with van der Waals surface area (Å²) in [7, 11) is 0. The number of carbonyl (C=O) groups excluding carboxylic acids is 2. The Balaban J connectivity index is 2.91. The molecule has 1 rings (SSSR count). The number of benzene rings is 1. The van der Waals surface area contributed by atoms with Gasteiger partial charge < -0.3 is 16.4 Å². The van der Waals surface area contributed by atoms with Gasteiger partial charge in [0.05, 0.1) is 10.5 Å². The molecule has 1 aromatic carbocycles. The van der Waals surface area contributed by atoms with Crippen molar-refractivity contribution in [3.8, 4) is 0 Å². The van der Waals surface area contributed by atoms with Crippen molar-refractivity contribution in [2.45, 2.75) is 19.9 Å². The number of rotatable bonds is 5. The number of carbonyl (C=O) groups is 2. The van der Waals surface area contributed by atoms with E-state index in [1.54, 1.807) is 6.92 Å². The molecular formula is C12H16N4O4. The first-order valence-corrected chi connectivity index (χ1v) is 6.00. The van der Waals surface area contributed by atoms with Crippen LogP contribution in [-0.2, 0) is 4.79 Å². The fourth-order valence-electron chi connectivity index (χ4n) is 1.58. The number of nitrogens with zero attached hydrogens (tertiary/aromatic N) is 1. The zero-order valence-electron chi connectivity index (χ0n) is 11.2. The number of nitrogens with one attached hydrogen (secondary N) is 2. The topological polar surface area (TPSA) is 127 Å². The van der Waals surface area contributed by atoms with Crippen molar-refractivity contribution in [1.82, 2.24) is 10.6 Å². The molecule has 0 aromatic heterocycles. The van der Waals surface area contributed by atoms with E-state index in [2.05, 4.69) is 10.6 Å². The fourth-order valence-corrected chi connectivity index (χ4v) is 1.58. The Kier molecular flexibility index (Phi) is 5.01. The molecule has 0 radical (unpaired) electrons.